The molecule has 2 aliphatic rings. The molecule has 2 fully saturated rings. The van der Waals surface area contributed by atoms with Crippen LogP contribution in [-0.2, 0) is 29.5 Å². The van der Waals surface area contributed by atoms with Gasteiger partial charge in [-0.3, -0.25) is 13.8 Å². The maximum absolute atomic E-state index is 11.8. The largest absolute Gasteiger partial charge is 0.458 e. The van der Waals surface area contributed by atoms with E-state index in [2.05, 4.69) is 11.9 Å². The summed E-state index contributed by atoms with van der Waals surface area (Å²) in [5.41, 5.74) is -0.265. The Morgan fingerprint density at radius 3 is 2.81 bits per heavy atom. The van der Waals surface area contributed by atoms with Crippen molar-refractivity contribution in [1.82, 2.24) is 5.32 Å². The van der Waals surface area contributed by atoms with Crippen molar-refractivity contribution in [1.29, 1.82) is 0 Å². The van der Waals surface area contributed by atoms with E-state index in [1.165, 1.54) is 0 Å². The smallest absolute Gasteiger partial charge is 0.325 e. The second-order valence-electron chi connectivity index (χ2n) is 5.78. The number of ether oxygens (including phenoxy) is 1. The van der Waals surface area contributed by atoms with Gasteiger partial charge in [0, 0.05) is 5.41 Å². The van der Waals surface area contributed by atoms with Crippen LogP contribution in [0.1, 0.15) is 26.2 Å². The number of amides is 1. The third-order valence-corrected chi connectivity index (χ3v) is 4.74. The predicted octanol–water partition coefficient (Wildman–Crippen LogP) is -0.0680. The quantitative estimate of drug-likeness (QED) is 0.404. The van der Waals surface area contributed by atoms with Crippen LogP contribution in [0.25, 0.3) is 0 Å². The lowest BCUT2D eigenvalue weighted by Gasteiger charge is -2.34. The highest BCUT2D eigenvalue weighted by molar-refractivity contribution is 7.67. The van der Waals surface area contributed by atoms with Gasteiger partial charge in [-0.1, -0.05) is 13.5 Å². The molecule has 21 heavy (non-hydrogen) atoms. The Hall–Kier alpha value is -1.41. The molecule has 8 heteroatoms. The molecular formula is C13H19NO6S. The lowest BCUT2D eigenvalue weighted by Crippen LogP contribution is -2.44. The number of carbonyl (C=O) groups excluding carboxylic acids is 2. The van der Waals surface area contributed by atoms with Gasteiger partial charge in [0.25, 0.3) is 11.0 Å². The number of thiol groups is 1. The van der Waals surface area contributed by atoms with E-state index in [1.54, 1.807) is 0 Å². The Morgan fingerprint density at radius 2 is 2.19 bits per heavy atom. The Morgan fingerprint density at radius 1 is 1.48 bits per heavy atom. The van der Waals surface area contributed by atoms with Gasteiger partial charge >= 0.3 is 5.97 Å². The van der Waals surface area contributed by atoms with Gasteiger partial charge in [0.2, 0.25) is 5.91 Å². The third kappa shape index (κ3) is 3.44. The lowest BCUT2D eigenvalue weighted by atomic mass is 9.82. The lowest BCUT2D eigenvalue weighted by molar-refractivity contribution is -0.161. The average Bonchev–Trinajstić information content (AvgIpc) is 2.92. The minimum atomic E-state index is -2.99. The van der Waals surface area contributed by atoms with Crippen molar-refractivity contribution in [3.05, 3.63) is 12.7 Å². The number of rotatable bonds is 6. The summed E-state index contributed by atoms with van der Waals surface area (Å²) in [6.07, 6.45) is 2.34. The maximum atomic E-state index is 11.8. The Bertz CT molecular complexity index is 523. The van der Waals surface area contributed by atoms with Crippen molar-refractivity contribution in [3.63, 3.8) is 0 Å². The number of carbonyl (C=O) groups is 2. The van der Waals surface area contributed by atoms with Crippen molar-refractivity contribution in [2.24, 2.45) is 11.3 Å². The van der Waals surface area contributed by atoms with Crippen molar-refractivity contribution in [2.75, 3.05) is 6.54 Å². The number of esters is 1. The topological polar surface area (TPSA) is 98.8 Å². The summed E-state index contributed by atoms with van der Waals surface area (Å²) in [5.74, 6) is -0.997. The fourth-order valence-corrected chi connectivity index (χ4v) is 3.85. The summed E-state index contributed by atoms with van der Waals surface area (Å²) in [6, 6.07) is 0. The van der Waals surface area contributed by atoms with E-state index in [4.69, 9.17) is 8.92 Å². The second-order valence-corrected chi connectivity index (χ2v) is 6.44. The first-order valence-corrected chi connectivity index (χ1v) is 7.86. The molecule has 1 N–H and O–H groups in total. The zero-order chi connectivity index (χ0) is 15.6. The van der Waals surface area contributed by atoms with Crippen LogP contribution in [-0.4, -0.2) is 39.0 Å². The van der Waals surface area contributed by atoms with Crippen LogP contribution in [0.15, 0.2) is 12.7 Å². The van der Waals surface area contributed by atoms with Crippen LogP contribution >= 0.6 is 0 Å². The molecule has 0 aliphatic heterocycles. The van der Waals surface area contributed by atoms with Gasteiger partial charge in [-0.2, -0.15) is 0 Å². The first-order chi connectivity index (χ1) is 9.85. The average molecular weight is 317 g/mol. The highest BCUT2D eigenvalue weighted by Crippen LogP contribution is 2.56. The van der Waals surface area contributed by atoms with E-state index in [-0.39, 0.29) is 17.9 Å². The summed E-state index contributed by atoms with van der Waals surface area (Å²) in [6.45, 7) is 4.96. The van der Waals surface area contributed by atoms with Crippen molar-refractivity contribution in [3.8, 4) is 0 Å². The molecule has 0 aromatic carbocycles. The second kappa shape index (κ2) is 6.15. The van der Waals surface area contributed by atoms with Gasteiger partial charge in [-0.25, -0.2) is 8.42 Å². The molecule has 2 aliphatic carbocycles. The van der Waals surface area contributed by atoms with E-state index < -0.39 is 35.1 Å². The Balaban J connectivity index is 2.00. The van der Waals surface area contributed by atoms with E-state index in [0.29, 0.717) is 0 Å². The van der Waals surface area contributed by atoms with Gasteiger partial charge in [-0.05, 0) is 31.3 Å². The predicted molar refractivity (Wildman–Crippen MR) is 73.7 cm³/mol. The van der Waals surface area contributed by atoms with E-state index in [9.17, 15) is 18.0 Å². The first-order valence-electron chi connectivity index (χ1n) is 6.76. The molecule has 0 aromatic rings. The Labute approximate surface area is 124 Å². The maximum Gasteiger partial charge on any atom is 0.325 e. The Kier molecular flexibility index (Phi) is 4.67. The van der Waals surface area contributed by atoms with Crippen LogP contribution in [0.4, 0.5) is 0 Å². The zero-order valence-corrected chi connectivity index (χ0v) is 12.6. The summed E-state index contributed by atoms with van der Waals surface area (Å²) in [7, 11) is -2.99. The zero-order valence-electron chi connectivity index (χ0n) is 11.7. The molecule has 118 valence electrons. The molecule has 0 radical (unpaired) electrons. The summed E-state index contributed by atoms with van der Waals surface area (Å²) >= 11 is 0. The number of fused-ring (bicyclic) bond motifs is 2. The molecule has 0 aromatic heterocycles. The molecule has 2 saturated carbocycles. The minimum Gasteiger partial charge on any atom is -0.458 e. The van der Waals surface area contributed by atoms with Gasteiger partial charge < -0.3 is 10.1 Å². The molecule has 1 amide bonds. The molecule has 2 bridgehead atoms. The molecule has 4 unspecified atom stereocenters. The molecule has 0 saturated heterocycles. The standard InChI is InChI=1S/C13H19NO6S/c1-3-9(15)14-7-10(16)19-12-11(20-21(17)18)8-4-5-13(12,2)6-8/h3,8,11-12,21H,1,4-7H2,2H3,(H,14,15). The summed E-state index contributed by atoms with van der Waals surface area (Å²) in [4.78, 5) is 22.8. The molecule has 0 spiro atoms. The first kappa shape index (κ1) is 16.0. The van der Waals surface area contributed by atoms with Gasteiger partial charge in [0.05, 0.1) is 0 Å². The van der Waals surface area contributed by atoms with Crippen LogP contribution in [0.2, 0.25) is 0 Å². The highest BCUT2D eigenvalue weighted by Gasteiger charge is 2.58. The molecule has 7 nitrogen and oxygen atoms in total. The van der Waals surface area contributed by atoms with E-state index in [1.807, 2.05) is 6.92 Å². The summed E-state index contributed by atoms with van der Waals surface area (Å²) in [5, 5.41) is 2.33. The highest BCUT2D eigenvalue weighted by atomic mass is 32.2. The third-order valence-electron chi connectivity index (χ3n) is 4.32. The van der Waals surface area contributed by atoms with Crippen molar-refractivity contribution >= 4 is 22.9 Å². The van der Waals surface area contributed by atoms with Gasteiger partial charge in [0.1, 0.15) is 18.8 Å². The summed E-state index contributed by atoms with van der Waals surface area (Å²) < 4.78 is 32.0. The SMILES string of the molecule is C=CC(=O)NCC(=O)OC1C(O[SH](=O)=O)C2CCC1(C)C2. The fourth-order valence-electron chi connectivity index (χ4n) is 3.37. The monoisotopic (exact) mass is 317 g/mol. The number of hydrogen-bond donors (Lipinski definition) is 2. The van der Waals surface area contributed by atoms with E-state index in [0.717, 1.165) is 25.3 Å². The van der Waals surface area contributed by atoms with E-state index >= 15 is 0 Å². The van der Waals surface area contributed by atoms with Crippen LogP contribution < -0.4 is 5.32 Å². The normalized spacial score (nSPS) is 33.9. The van der Waals surface area contributed by atoms with Crippen LogP contribution in [0, 0.1) is 11.3 Å². The number of hydrogen-bond acceptors (Lipinski definition) is 6. The van der Waals surface area contributed by atoms with Crippen LogP contribution in [0.5, 0.6) is 0 Å². The van der Waals surface area contributed by atoms with Crippen LogP contribution in [0.3, 0.4) is 0 Å². The number of nitrogens with one attached hydrogen (secondary N) is 1. The molecule has 4 atom stereocenters. The van der Waals surface area contributed by atoms with Gasteiger partial charge in [-0.15, -0.1) is 0 Å². The molecule has 0 heterocycles. The van der Waals surface area contributed by atoms with Gasteiger partial charge in [0.15, 0.2) is 0 Å². The minimum absolute atomic E-state index is 0.0865. The van der Waals surface area contributed by atoms with Crippen molar-refractivity contribution < 1.29 is 26.9 Å². The molecule has 2 rings (SSSR count). The molecular weight excluding hydrogens is 298 g/mol. The van der Waals surface area contributed by atoms with Crippen molar-refractivity contribution in [2.45, 2.75) is 38.4 Å². The fraction of sp³-hybridized carbons (Fsp3) is 0.692.